The number of benzene rings is 1. The Morgan fingerprint density at radius 1 is 1.21 bits per heavy atom. The number of nitrogen functional groups attached to an aromatic ring is 1. The molecule has 1 heterocycles. The summed E-state index contributed by atoms with van der Waals surface area (Å²) in [5.41, 5.74) is 9.75. The van der Waals surface area contributed by atoms with E-state index in [2.05, 4.69) is 20.9 Å². The molecule has 0 unspecified atom stereocenters. The summed E-state index contributed by atoms with van der Waals surface area (Å²) in [6, 6.07) is 5.12. The molecule has 1 aromatic carbocycles. The van der Waals surface area contributed by atoms with Crippen LogP contribution in [-0.4, -0.2) is 26.7 Å². The maximum Gasteiger partial charge on any atom is 0.328 e. The van der Waals surface area contributed by atoms with E-state index in [0.717, 1.165) is 5.56 Å². The minimum Gasteiger partial charge on any atom is -0.397 e. The summed E-state index contributed by atoms with van der Waals surface area (Å²) in [7, 11) is 0. The number of rotatable bonds is 2. The van der Waals surface area contributed by atoms with Crippen molar-refractivity contribution in [2.45, 2.75) is 6.92 Å². The van der Waals surface area contributed by atoms with E-state index >= 15 is 0 Å². The highest BCUT2D eigenvalue weighted by Crippen LogP contribution is 2.19. The standard InChI is InChI=1S/C11H12N6O2/c1-7-2-3-9(8(12)4-7)15-10(18)11(19)16-17-5-13-14-6-17/h2-6H,12H2,1H3,(H,15,18)(H,16,19). The van der Waals surface area contributed by atoms with Gasteiger partial charge in [-0.2, -0.15) is 0 Å². The molecule has 4 N–H and O–H groups in total. The lowest BCUT2D eigenvalue weighted by Gasteiger charge is -2.09. The van der Waals surface area contributed by atoms with Crippen molar-refractivity contribution < 1.29 is 9.59 Å². The predicted octanol–water partition coefficient (Wildman–Crippen LogP) is -0.122. The van der Waals surface area contributed by atoms with Gasteiger partial charge in [0.2, 0.25) is 0 Å². The molecule has 8 nitrogen and oxygen atoms in total. The highest BCUT2D eigenvalue weighted by Gasteiger charge is 2.15. The van der Waals surface area contributed by atoms with E-state index in [-0.39, 0.29) is 0 Å². The van der Waals surface area contributed by atoms with Crippen LogP contribution in [0.3, 0.4) is 0 Å². The van der Waals surface area contributed by atoms with Crippen LogP contribution in [-0.2, 0) is 9.59 Å². The minimum absolute atomic E-state index is 0.384. The molecular weight excluding hydrogens is 248 g/mol. The van der Waals surface area contributed by atoms with E-state index in [0.29, 0.717) is 11.4 Å². The van der Waals surface area contributed by atoms with Gasteiger partial charge in [-0.3, -0.25) is 15.0 Å². The number of carbonyl (C=O) groups excluding carboxylic acids is 2. The molecule has 19 heavy (non-hydrogen) atoms. The Hall–Kier alpha value is -2.90. The summed E-state index contributed by atoms with van der Waals surface area (Å²) in [6.07, 6.45) is 2.51. The van der Waals surface area contributed by atoms with Crippen molar-refractivity contribution in [3.05, 3.63) is 36.4 Å². The maximum absolute atomic E-state index is 11.6. The molecule has 0 saturated heterocycles. The summed E-state index contributed by atoms with van der Waals surface area (Å²) in [5, 5.41) is 9.40. The van der Waals surface area contributed by atoms with Crippen molar-refractivity contribution in [1.29, 1.82) is 0 Å². The number of anilines is 2. The van der Waals surface area contributed by atoms with Crippen LogP contribution >= 0.6 is 0 Å². The molecule has 0 aliphatic heterocycles. The van der Waals surface area contributed by atoms with Crippen LogP contribution < -0.4 is 16.5 Å². The van der Waals surface area contributed by atoms with Crippen LogP contribution in [0.2, 0.25) is 0 Å². The third kappa shape index (κ3) is 3.06. The SMILES string of the molecule is Cc1ccc(NC(=O)C(=O)Nn2cnnc2)c(N)c1. The molecule has 2 rings (SSSR count). The van der Waals surface area contributed by atoms with Crippen LogP contribution in [0.25, 0.3) is 0 Å². The fraction of sp³-hybridized carbons (Fsp3) is 0.0909. The lowest BCUT2D eigenvalue weighted by molar-refractivity contribution is -0.133. The van der Waals surface area contributed by atoms with Gasteiger partial charge in [0.05, 0.1) is 11.4 Å². The predicted molar refractivity (Wildman–Crippen MR) is 68.6 cm³/mol. The zero-order valence-corrected chi connectivity index (χ0v) is 10.1. The molecular formula is C11H12N6O2. The molecule has 8 heteroatoms. The van der Waals surface area contributed by atoms with Crippen molar-refractivity contribution in [2.24, 2.45) is 0 Å². The lowest BCUT2D eigenvalue weighted by atomic mass is 10.2. The molecule has 0 radical (unpaired) electrons. The first-order valence-corrected chi connectivity index (χ1v) is 5.39. The molecule has 0 atom stereocenters. The van der Waals surface area contributed by atoms with Crippen LogP contribution in [0.1, 0.15) is 5.56 Å². The Morgan fingerprint density at radius 2 is 1.89 bits per heavy atom. The number of hydrogen-bond donors (Lipinski definition) is 3. The third-order valence-corrected chi connectivity index (χ3v) is 2.31. The Balaban J connectivity index is 2.02. The van der Waals surface area contributed by atoms with Crippen molar-refractivity contribution >= 4 is 23.2 Å². The molecule has 0 bridgehead atoms. The first-order chi connectivity index (χ1) is 9.06. The van der Waals surface area contributed by atoms with E-state index in [1.165, 1.54) is 17.3 Å². The number of amides is 2. The maximum atomic E-state index is 11.6. The highest BCUT2D eigenvalue weighted by molar-refractivity contribution is 6.42. The highest BCUT2D eigenvalue weighted by atomic mass is 16.2. The van der Waals surface area contributed by atoms with Gasteiger partial charge in [0, 0.05) is 0 Å². The molecule has 0 saturated carbocycles. The molecule has 0 spiro atoms. The molecule has 0 fully saturated rings. The monoisotopic (exact) mass is 260 g/mol. The van der Waals surface area contributed by atoms with Gasteiger partial charge in [-0.15, -0.1) is 10.2 Å². The summed E-state index contributed by atoms with van der Waals surface area (Å²) < 4.78 is 1.17. The smallest absolute Gasteiger partial charge is 0.328 e. The van der Waals surface area contributed by atoms with Gasteiger partial charge >= 0.3 is 11.8 Å². The summed E-state index contributed by atoms with van der Waals surface area (Å²) >= 11 is 0. The van der Waals surface area contributed by atoms with E-state index in [4.69, 9.17) is 5.73 Å². The zero-order chi connectivity index (χ0) is 13.8. The van der Waals surface area contributed by atoms with Gasteiger partial charge in [-0.1, -0.05) is 6.07 Å². The molecule has 98 valence electrons. The van der Waals surface area contributed by atoms with Gasteiger partial charge in [0.1, 0.15) is 12.7 Å². The first kappa shape index (κ1) is 12.6. The number of nitrogens with two attached hydrogens (primary N) is 1. The molecule has 0 aliphatic carbocycles. The molecule has 2 aromatic rings. The van der Waals surface area contributed by atoms with Crippen LogP contribution in [0.5, 0.6) is 0 Å². The van der Waals surface area contributed by atoms with Gasteiger partial charge in [-0.25, -0.2) is 4.68 Å². The van der Waals surface area contributed by atoms with Gasteiger partial charge in [0.25, 0.3) is 0 Å². The number of aryl methyl sites for hydroxylation is 1. The second-order valence-electron chi connectivity index (χ2n) is 3.85. The van der Waals surface area contributed by atoms with Crippen LogP contribution in [0, 0.1) is 6.92 Å². The second-order valence-corrected chi connectivity index (χ2v) is 3.85. The number of carbonyl (C=O) groups is 2. The summed E-state index contributed by atoms with van der Waals surface area (Å²) in [5.74, 6) is -1.68. The topological polar surface area (TPSA) is 115 Å². The number of aromatic nitrogens is 3. The van der Waals surface area contributed by atoms with Gasteiger partial charge in [0.15, 0.2) is 0 Å². The molecule has 2 amide bonds. The Morgan fingerprint density at radius 3 is 2.53 bits per heavy atom. The van der Waals surface area contributed by atoms with Crippen molar-refractivity contribution in [2.75, 3.05) is 16.5 Å². The van der Waals surface area contributed by atoms with Crippen molar-refractivity contribution in [3.63, 3.8) is 0 Å². The fourth-order valence-electron chi connectivity index (χ4n) is 1.40. The van der Waals surface area contributed by atoms with Crippen LogP contribution in [0.4, 0.5) is 11.4 Å². The Bertz CT molecular complexity index is 608. The Kier molecular flexibility index (Phi) is 3.42. The number of hydrogen-bond acceptors (Lipinski definition) is 5. The molecule has 0 aliphatic rings. The van der Waals surface area contributed by atoms with Crippen LogP contribution in [0.15, 0.2) is 30.9 Å². The Labute approximate surface area is 108 Å². The number of nitrogens with zero attached hydrogens (tertiary/aromatic N) is 3. The first-order valence-electron chi connectivity index (χ1n) is 5.39. The lowest BCUT2D eigenvalue weighted by Crippen LogP contribution is -2.33. The largest absolute Gasteiger partial charge is 0.397 e. The minimum atomic E-state index is -0.847. The second kappa shape index (κ2) is 5.17. The molecule has 1 aromatic heterocycles. The fourth-order valence-corrected chi connectivity index (χ4v) is 1.40. The van der Waals surface area contributed by atoms with E-state index in [1.807, 2.05) is 6.92 Å². The van der Waals surface area contributed by atoms with Crippen molar-refractivity contribution in [3.8, 4) is 0 Å². The average molecular weight is 260 g/mol. The van der Waals surface area contributed by atoms with Crippen molar-refractivity contribution in [1.82, 2.24) is 14.9 Å². The zero-order valence-electron chi connectivity index (χ0n) is 10.1. The normalized spacial score (nSPS) is 9.95. The quantitative estimate of drug-likeness (QED) is 0.514. The van der Waals surface area contributed by atoms with E-state index in [1.54, 1.807) is 18.2 Å². The average Bonchev–Trinajstić information content (AvgIpc) is 2.85. The van der Waals surface area contributed by atoms with Gasteiger partial charge in [-0.05, 0) is 24.6 Å². The summed E-state index contributed by atoms with van der Waals surface area (Å²) in [6.45, 7) is 1.88. The number of nitrogens with one attached hydrogen (secondary N) is 2. The van der Waals surface area contributed by atoms with E-state index < -0.39 is 11.8 Å². The van der Waals surface area contributed by atoms with Gasteiger partial charge < -0.3 is 11.1 Å². The van der Waals surface area contributed by atoms with E-state index in [9.17, 15) is 9.59 Å². The third-order valence-electron chi connectivity index (χ3n) is 2.31. The summed E-state index contributed by atoms with van der Waals surface area (Å²) in [4.78, 5) is 23.2.